The highest BCUT2D eigenvalue weighted by Gasteiger charge is 2.32. The number of methoxy groups -OCH3 is 1. The molecule has 0 radical (unpaired) electrons. The molecule has 5 nitrogen and oxygen atoms in total. The summed E-state index contributed by atoms with van der Waals surface area (Å²) in [7, 11) is 1.47. The van der Waals surface area contributed by atoms with Crippen LogP contribution >= 0.6 is 12.6 Å². The summed E-state index contributed by atoms with van der Waals surface area (Å²) in [6.45, 7) is 0.509. The third-order valence-corrected chi connectivity index (χ3v) is 3.70. The SMILES string of the molecule is COc1ccc(N2CC(CS)CC2=O)c(C(=O)O)c1. The highest BCUT2D eigenvalue weighted by atomic mass is 32.1. The molecule has 102 valence electrons. The quantitative estimate of drug-likeness (QED) is 0.824. The van der Waals surface area contributed by atoms with E-state index in [-0.39, 0.29) is 17.4 Å². The van der Waals surface area contributed by atoms with E-state index in [0.717, 1.165) is 0 Å². The van der Waals surface area contributed by atoms with Crippen molar-refractivity contribution >= 4 is 30.2 Å². The van der Waals surface area contributed by atoms with Crippen molar-refractivity contribution in [1.82, 2.24) is 0 Å². The maximum absolute atomic E-state index is 11.9. The summed E-state index contributed by atoms with van der Waals surface area (Å²) in [5.74, 6) is 0.0988. The lowest BCUT2D eigenvalue weighted by Gasteiger charge is -2.19. The lowest BCUT2D eigenvalue weighted by atomic mass is 10.1. The van der Waals surface area contributed by atoms with E-state index in [1.54, 1.807) is 12.1 Å². The molecule has 1 aromatic rings. The Kier molecular flexibility index (Phi) is 3.99. The number of ether oxygens (including phenoxy) is 1. The topological polar surface area (TPSA) is 66.8 Å². The second-order valence-corrected chi connectivity index (χ2v) is 4.81. The molecule has 0 saturated carbocycles. The van der Waals surface area contributed by atoms with Gasteiger partial charge in [-0.05, 0) is 29.9 Å². The molecule has 1 amide bonds. The van der Waals surface area contributed by atoms with Gasteiger partial charge >= 0.3 is 5.97 Å². The Bertz CT molecular complexity index is 517. The van der Waals surface area contributed by atoms with Crippen LogP contribution in [-0.2, 0) is 4.79 Å². The van der Waals surface area contributed by atoms with Gasteiger partial charge in [-0.25, -0.2) is 4.79 Å². The normalized spacial score (nSPS) is 18.7. The molecule has 1 saturated heterocycles. The van der Waals surface area contributed by atoms with E-state index in [1.165, 1.54) is 18.1 Å². The first-order valence-corrected chi connectivity index (χ1v) is 6.52. The number of anilines is 1. The van der Waals surface area contributed by atoms with Crippen LogP contribution in [0.5, 0.6) is 5.75 Å². The van der Waals surface area contributed by atoms with E-state index in [4.69, 9.17) is 4.74 Å². The number of thiol groups is 1. The van der Waals surface area contributed by atoms with E-state index in [0.29, 0.717) is 30.2 Å². The molecule has 1 N–H and O–H groups in total. The van der Waals surface area contributed by atoms with Gasteiger partial charge in [0.05, 0.1) is 18.4 Å². The minimum absolute atomic E-state index is 0.0632. The fourth-order valence-corrected chi connectivity index (χ4v) is 2.43. The predicted octanol–water partition coefficient (Wildman–Crippen LogP) is 1.68. The van der Waals surface area contributed by atoms with Crippen molar-refractivity contribution in [3.05, 3.63) is 23.8 Å². The summed E-state index contributed by atoms with van der Waals surface area (Å²) in [6, 6.07) is 4.70. The number of hydrogen-bond acceptors (Lipinski definition) is 4. The fourth-order valence-electron chi connectivity index (χ4n) is 2.19. The first kappa shape index (κ1) is 13.7. The number of carbonyl (C=O) groups excluding carboxylic acids is 1. The molecule has 0 spiro atoms. The van der Waals surface area contributed by atoms with Crippen LogP contribution in [0.1, 0.15) is 16.8 Å². The van der Waals surface area contributed by atoms with Gasteiger partial charge in [-0.3, -0.25) is 4.79 Å². The van der Waals surface area contributed by atoms with Crippen molar-refractivity contribution < 1.29 is 19.4 Å². The van der Waals surface area contributed by atoms with E-state index >= 15 is 0 Å². The van der Waals surface area contributed by atoms with Gasteiger partial charge in [0, 0.05) is 13.0 Å². The number of aromatic carboxylic acids is 1. The highest BCUT2D eigenvalue weighted by molar-refractivity contribution is 7.80. The Balaban J connectivity index is 2.39. The lowest BCUT2D eigenvalue weighted by molar-refractivity contribution is -0.117. The monoisotopic (exact) mass is 281 g/mol. The van der Waals surface area contributed by atoms with Gasteiger partial charge < -0.3 is 14.7 Å². The summed E-state index contributed by atoms with van der Waals surface area (Å²) >= 11 is 4.19. The minimum Gasteiger partial charge on any atom is -0.497 e. The first-order valence-electron chi connectivity index (χ1n) is 5.89. The number of carboxylic acid groups (broad SMARTS) is 1. The first-order chi connectivity index (χ1) is 9.06. The van der Waals surface area contributed by atoms with Crippen LogP contribution in [0, 0.1) is 5.92 Å². The van der Waals surface area contributed by atoms with Crippen LogP contribution in [0.15, 0.2) is 18.2 Å². The number of hydrogen-bond donors (Lipinski definition) is 2. The number of nitrogens with zero attached hydrogens (tertiary/aromatic N) is 1. The number of carbonyl (C=O) groups is 2. The van der Waals surface area contributed by atoms with Gasteiger partial charge in [0.15, 0.2) is 0 Å². The number of amides is 1. The molecule has 0 bridgehead atoms. The molecule has 1 aliphatic rings. The van der Waals surface area contributed by atoms with Gasteiger partial charge in [0.1, 0.15) is 5.75 Å². The van der Waals surface area contributed by atoms with Gasteiger partial charge in [0.25, 0.3) is 0 Å². The maximum Gasteiger partial charge on any atom is 0.337 e. The second-order valence-electron chi connectivity index (χ2n) is 4.45. The standard InChI is InChI=1S/C13H15NO4S/c1-18-9-2-3-11(10(5-9)13(16)17)14-6-8(7-19)4-12(14)15/h2-3,5,8,19H,4,6-7H2,1H3,(H,16,17). The minimum atomic E-state index is -1.07. The smallest absolute Gasteiger partial charge is 0.337 e. The zero-order valence-corrected chi connectivity index (χ0v) is 11.4. The Labute approximate surface area is 116 Å². The molecular formula is C13H15NO4S. The molecule has 1 heterocycles. The van der Waals surface area contributed by atoms with E-state index in [2.05, 4.69) is 12.6 Å². The van der Waals surface area contributed by atoms with Gasteiger partial charge in [-0.2, -0.15) is 12.6 Å². The highest BCUT2D eigenvalue weighted by Crippen LogP contribution is 2.31. The van der Waals surface area contributed by atoms with Crippen LogP contribution in [0.2, 0.25) is 0 Å². The van der Waals surface area contributed by atoms with Gasteiger partial charge in [-0.1, -0.05) is 0 Å². The fraction of sp³-hybridized carbons (Fsp3) is 0.385. The predicted molar refractivity (Wildman–Crippen MR) is 74.3 cm³/mol. The van der Waals surface area contributed by atoms with E-state index in [9.17, 15) is 14.7 Å². The number of rotatable bonds is 4. The summed E-state index contributed by atoms with van der Waals surface area (Å²) in [5.41, 5.74) is 0.495. The summed E-state index contributed by atoms with van der Waals surface area (Å²) in [4.78, 5) is 24.8. The second kappa shape index (κ2) is 5.52. The summed E-state index contributed by atoms with van der Waals surface area (Å²) in [5, 5.41) is 9.25. The zero-order chi connectivity index (χ0) is 14.0. The Morgan fingerprint density at radius 3 is 2.84 bits per heavy atom. The van der Waals surface area contributed by atoms with Crippen molar-refractivity contribution in [2.75, 3.05) is 24.3 Å². The van der Waals surface area contributed by atoms with Crippen LogP contribution in [0.3, 0.4) is 0 Å². The number of carboxylic acids is 1. The molecule has 6 heteroatoms. The Morgan fingerprint density at radius 2 is 2.32 bits per heavy atom. The van der Waals surface area contributed by atoms with Gasteiger partial charge in [-0.15, -0.1) is 0 Å². The van der Waals surface area contributed by atoms with Gasteiger partial charge in [0.2, 0.25) is 5.91 Å². The van der Waals surface area contributed by atoms with E-state index < -0.39 is 5.97 Å². The molecule has 19 heavy (non-hydrogen) atoms. The van der Waals surface area contributed by atoms with Crippen molar-refractivity contribution in [3.8, 4) is 5.75 Å². The lowest BCUT2D eigenvalue weighted by Crippen LogP contribution is -2.26. The largest absolute Gasteiger partial charge is 0.497 e. The maximum atomic E-state index is 11.9. The summed E-state index contributed by atoms with van der Waals surface area (Å²) in [6.07, 6.45) is 0.411. The molecule has 2 rings (SSSR count). The molecule has 1 atom stereocenters. The average molecular weight is 281 g/mol. The molecule has 0 aliphatic carbocycles. The molecule has 1 aromatic carbocycles. The molecule has 1 aliphatic heterocycles. The van der Waals surface area contributed by atoms with E-state index in [1.807, 2.05) is 0 Å². The third kappa shape index (κ3) is 2.68. The van der Waals surface area contributed by atoms with Crippen molar-refractivity contribution in [2.45, 2.75) is 6.42 Å². The summed E-state index contributed by atoms with van der Waals surface area (Å²) < 4.78 is 5.01. The van der Waals surface area contributed by atoms with Crippen LogP contribution in [0.4, 0.5) is 5.69 Å². The molecular weight excluding hydrogens is 266 g/mol. The van der Waals surface area contributed by atoms with Crippen molar-refractivity contribution in [1.29, 1.82) is 0 Å². The average Bonchev–Trinajstić information content (AvgIpc) is 2.79. The molecule has 1 unspecified atom stereocenters. The Morgan fingerprint density at radius 1 is 1.58 bits per heavy atom. The van der Waals surface area contributed by atoms with Crippen LogP contribution in [0.25, 0.3) is 0 Å². The number of benzene rings is 1. The van der Waals surface area contributed by atoms with Crippen LogP contribution < -0.4 is 9.64 Å². The third-order valence-electron chi connectivity index (χ3n) is 3.19. The zero-order valence-electron chi connectivity index (χ0n) is 10.5. The van der Waals surface area contributed by atoms with Crippen molar-refractivity contribution in [2.24, 2.45) is 5.92 Å². The van der Waals surface area contributed by atoms with Crippen LogP contribution in [-0.4, -0.2) is 36.4 Å². The van der Waals surface area contributed by atoms with Crippen molar-refractivity contribution in [3.63, 3.8) is 0 Å². The Hall–Kier alpha value is -1.69. The molecule has 1 fully saturated rings. The molecule has 0 aromatic heterocycles.